The molecule has 0 saturated heterocycles. The van der Waals surface area contributed by atoms with Gasteiger partial charge in [-0.1, -0.05) is 30.3 Å². The summed E-state index contributed by atoms with van der Waals surface area (Å²) < 4.78 is 6.62. The lowest BCUT2D eigenvalue weighted by molar-refractivity contribution is 0.0826. The molecule has 9 heteroatoms. The van der Waals surface area contributed by atoms with Crippen LogP contribution >= 0.6 is 0 Å². The summed E-state index contributed by atoms with van der Waals surface area (Å²) in [5, 5.41) is 10.9. The number of rotatable bonds is 9. The molecule has 2 N–H and O–H groups in total. The minimum absolute atomic E-state index is 0.0572. The summed E-state index contributed by atoms with van der Waals surface area (Å²) in [6, 6.07) is 20.3. The molecule has 3 amide bonds. The van der Waals surface area contributed by atoms with E-state index in [0.717, 1.165) is 27.6 Å². The van der Waals surface area contributed by atoms with Crippen molar-refractivity contribution in [1.29, 1.82) is 0 Å². The quantitative estimate of drug-likeness (QED) is 0.334. The number of fused-ring (bicyclic) bond motifs is 1. The molecule has 196 valence electrons. The van der Waals surface area contributed by atoms with Gasteiger partial charge < -0.3 is 20.3 Å². The molecule has 0 aliphatic rings. The maximum absolute atomic E-state index is 13.1. The average Bonchev–Trinajstić information content (AvgIpc) is 3.27. The van der Waals surface area contributed by atoms with E-state index in [2.05, 4.69) is 15.7 Å². The van der Waals surface area contributed by atoms with Crippen LogP contribution in [0.15, 0.2) is 66.7 Å². The van der Waals surface area contributed by atoms with E-state index in [9.17, 15) is 14.4 Å². The highest BCUT2D eigenvalue weighted by Gasteiger charge is 2.17. The molecule has 0 radical (unpaired) electrons. The third kappa shape index (κ3) is 5.90. The molecule has 0 fully saturated rings. The van der Waals surface area contributed by atoms with E-state index in [0.29, 0.717) is 36.5 Å². The largest absolute Gasteiger partial charge is 0.383 e. The Bertz CT molecular complexity index is 1460. The first kappa shape index (κ1) is 26.6. The van der Waals surface area contributed by atoms with E-state index in [-0.39, 0.29) is 17.7 Å². The van der Waals surface area contributed by atoms with Crippen molar-refractivity contribution < 1.29 is 19.1 Å². The number of hydrogen-bond acceptors (Lipinski definition) is 5. The van der Waals surface area contributed by atoms with Crippen LogP contribution in [0.1, 0.15) is 36.8 Å². The Morgan fingerprint density at radius 2 is 1.53 bits per heavy atom. The second-order valence-electron chi connectivity index (χ2n) is 9.11. The molecule has 38 heavy (non-hydrogen) atoms. The first-order valence-electron chi connectivity index (χ1n) is 12.2. The van der Waals surface area contributed by atoms with Crippen molar-refractivity contribution in [2.45, 2.75) is 6.54 Å². The fourth-order valence-corrected chi connectivity index (χ4v) is 4.09. The zero-order chi connectivity index (χ0) is 27.2. The smallest absolute Gasteiger partial charge is 0.272 e. The summed E-state index contributed by atoms with van der Waals surface area (Å²) in [6.45, 7) is 1.18. The van der Waals surface area contributed by atoms with Gasteiger partial charge in [-0.2, -0.15) is 5.10 Å². The van der Waals surface area contributed by atoms with Crippen LogP contribution in [0.4, 0.5) is 0 Å². The molecular weight excluding hydrogens is 482 g/mol. The molecule has 0 atom stereocenters. The zero-order valence-electron chi connectivity index (χ0n) is 21.9. The summed E-state index contributed by atoms with van der Waals surface area (Å²) in [4.78, 5) is 39.0. The molecule has 0 bridgehead atoms. The fourth-order valence-electron chi connectivity index (χ4n) is 4.09. The van der Waals surface area contributed by atoms with Crippen molar-refractivity contribution in [2.75, 3.05) is 34.4 Å². The summed E-state index contributed by atoms with van der Waals surface area (Å²) in [6.07, 6.45) is 0. The van der Waals surface area contributed by atoms with Gasteiger partial charge in [-0.05, 0) is 53.1 Å². The van der Waals surface area contributed by atoms with E-state index in [1.807, 2.05) is 42.5 Å². The highest BCUT2D eigenvalue weighted by Crippen LogP contribution is 2.27. The van der Waals surface area contributed by atoms with E-state index in [1.54, 1.807) is 57.2 Å². The number of nitrogens with zero attached hydrogens (tertiary/aromatic N) is 3. The third-order valence-electron chi connectivity index (χ3n) is 6.20. The summed E-state index contributed by atoms with van der Waals surface area (Å²) in [5.74, 6) is -0.522. The summed E-state index contributed by atoms with van der Waals surface area (Å²) in [7, 11) is 6.82. The van der Waals surface area contributed by atoms with E-state index < -0.39 is 0 Å². The minimum atomic E-state index is -0.291. The second-order valence-corrected chi connectivity index (χ2v) is 9.11. The number of aromatic nitrogens is 2. The number of aryl methyl sites for hydroxylation is 1. The number of ether oxygens (including phenoxy) is 1. The van der Waals surface area contributed by atoms with Gasteiger partial charge in [0.25, 0.3) is 17.7 Å². The van der Waals surface area contributed by atoms with Crippen LogP contribution in [-0.2, 0) is 18.3 Å². The van der Waals surface area contributed by atoms with Gasteiger partial charge in [0.1, 0.15) is 0 Å². The van der Waals surface area contributed by atoms with Crippen molar-refractivity contribution in [2.24, 2.45) is 7.05 Å². The molecule has 0 unspecified atom stereocenters. The monoisotopic (exact) mass is 513 g/mol. The fraction of sp³-hybridized carbons (Fsp3) is 0.241. The topological polar surface area (TPSA) is 106 Å². The highest BCUT2D eigenvalue weighted by atomic mass is 16.5. The Morgan fingerprint density at radius 3 is 2.18 bits per heavy atom. The Morgan fingerprint density at radius 1 is 0.868 bits per heavy atom. The number of hydrogen-bond donors (Lipinski definition) is 2. The molecule has 0 spiro atoms. The minimum Gasteiger partial charge on any atom is -0.383 e. The van der Waals surface area contributed by atoms with Gasteiger partial charge in [-0.25, -0.2) is 0 Å². The van der Waals surface area contributed by atoms with Crippen LogP contribution < -0.4 is 10.6 Å². The Kier molecular flexibility index (Phi) is 8.18. The van der Waals surface area contributed by atoms with Crippen LogP contribution in [0.3, 0.4) is 0 Å². The zero-order valence-corrected chi connectivity index (χ0v) is 21.9. The number of carbonyl (C=O) groups is 3. The van der Waals surface area contributed by atoms with Crippen molar-refractivity contribution in [3.05, 3.63) is 89.1 Å². The van der Waals surface area contributed by atoms with Crippen molar-refractivity contribution in [3.63, 3.8) is 0 Å². The molecule has 3 aromatic carbocycles. The maximum atomic E-state index is 13.1. The Balaban J connectivity index is 1.48. The molecule has 0 aliphatic heterocycles. The van der Waals surface area contributed by atoms with Crippen LogP contribution in [0.5, 0.6) is 0 Å². The standard InChI is InChI=1S/C29H31N5O4/c1-33(2)29(37)22-11-9-20(10-12-22)23-13-14-25-24(17-23)26(32-34(25)3)28(36)31-18-19-5-7-21(8-6-19)27(35)30-15-16-38-4/h5-14,17H,15-16,18H2,1-4H3,(H,30,35)(H,31,36). The van der Waals surface area contributed by atoms with Crippen molar-refractivity contribution in [1.82, 2.24) is 25.3 Å². The molecule has 4 aromatic rings. The highest BCUT2D eigenvalue weighted by molar-refractivity contribution is 6.06. The lowest BCUT2D eigenvalue weighted by Gasteiger charge is -2.10. The molecule has 0 saturated carbocycles. The van der Waals surface area contributed by atoms with Crippen molar-refractivity contribution >= 4 is 28.6 Å². The number of benzene rings is 3. The van der Waals surface area contributed by atoms with E-state index in [1.165, 1.54) is 4.90 Å². The third-order valence-corrected chi connectivity index (χ3v) is 6.20. The predicted molar refractivity (Wildman–Crippen MR) is 146 cm³/mol. The van der Waals surface area contributed by atoms with Gasteiger partial charge in [0.05, 0.1) is 12.1 Å². The molecule has 4 rings (SSSR count). The molecule has 1 aromatic heterocycles. The first-order chi connectivity index (χ1) is 18.3. The number of amides is 3. The molecule has 9 nitrogen and oxygen atoms in total. The lowest BCUT2D eigenvalue weighted by Crippen LogP contribution is -2.27. The van der Waals surface area contributed by atoms with E-state index >= 15 is 0 Å². The van der Waals surface area contributed by atoms with E-state index in [4.69, 9.17) is 4.74 Å². The van der Waals surface area contributed by atoms with Crippen LogP contribution in [0, 0.1) is 0 Å². The summed E-state index contributed by atoms with van der Waals surface area (Å²) in [5.41, 5.74) is 5.03. The average molecular weight is 514 g/mol. The van der Waals surface area contributed by atoms with Crippen LogP contribution in [0.25, 0.3) is 22.0 Å². The first-order valence-corrected chi connectivity index (χ1v) is 12.2. The second kappa shape index (κ2) is 11.7. The summed E-state index contributed by atoms with van der Waals surface area (Å²) >= 11 is 0. The molecular formula is C29H31N5O4. The van der Waals surface area contributed by atoms with Gasteiger partial charge in [0.2, 0.25) is 0 Å². The van der Waals surface area contributed by atoms with Gasteiger partial charge in [0, 0.05) is 57.9 Å². The van der Waals surface area contributed by atoms with Crippen molar-refractivity contribution in [3.8, 4) is 11.1 Å². The van der Waals surface area contributed by atoms with Gasteiger partial charge in [-0.15, -0.1) is 0 Å². The number of nitrogens with one attached hydrogen (secondary N) is 2. The van der Waals surface area contributed by atoms with Crippen LogP contribution in [-0.4, -0.2) is 66.8 Å². The Labute approximate surface area is 221 Å². The van der Waals surface area contributed by atoms with Gasteiger partial charge in [-0.3, -0.25) is 19.1 Å². The molecule has 1 heterocycles. The predicted octanol–water partition coefficient (Wildman–Crippen LogP) is 3.25. The number of methoxy groups -OCH3 is 1. The normalized spacial score (nSPS) is 10.8. The SMILES string of the molecule is COCCNC(=O)c1ccc(CNC(=O)c2nn(C)c3ccc(-c4ccc(C(=O)N(C)C)cc4)cc23)cc1. The number of carbonyl (C=O) groups excluding carboxylic acids is 3. The maximum Gasteiger partial charge on any atom is 0.272 e. The van der Waals surface area contributed by atoms with Gasteiger partial charge >= 0.3 is 0 Å². The lowest BCUT2D eigenvalue weighted by atomic mass is 10.0. The van der Waals surface area contributed by atoms with Crippen LogP contribution in [0.2, 0.25) is 0 Å². The molecule has 0 aliphatic carbocycles. The Hall–Kier alpha value is -4.50. The van der Waals surface area contributed by atoms with Gasteiger partial charge in [0.15, 0.2) is 5.69 Å².